The lowest BCUT2D eigenvalue weighted by Crippen LogP contribution is -2.30. The average molecular weight is 338 g/mol. The summed E-state index contributed by atoms with van der Waals surface area (Å²) in [4.78, 5) is 25.8. The van der Waals surface area contributed by atoms with E-state index in [0.717, 1.165) is 37.1 Å². The molecule has 130 valence electrons. The van der Waals surface area contributed by atoms with Crippen molar-refractivity contribution in [1.29, 1.82) is 0 Å². The minimum atomic E-state index is -0.726. The van der Waals surface area contributed by atoms with Crippen LogP contribution in [0.15, 0.2) is 48.5 Å². The Morgan fingerprint density at radius 3 is 2.52 bits per heavy atom. The van der Waals surface area contributed by atoms with Crippen molar-refractivity contribution >= 4 is 11.8 Å². The fourth-order valence-corrected chi connectivity index (χ4v) is 2.98. The molecule has 2 N–H and O–H groups in total. The normalized spacial score (nSPS) is 15.0. The lowest BCUT2D eigenvalue weighted by molar-refractivity contribution is -0.123. The number of benzene rings is 2. The third-order valence-corrected chi connectivity index (χ3v) is 4.41. The molecule has 1 atom stereocenters. The Balaban J connectivity index is 1.91. The molecule has 25 heavy (non-hydrogen) atoms. The number of likely N-dealkylation sites (tertiary alicyclic amines) is 1. The number of rotatable bonds is 5. The molecule has 2 amide bonds. The number of hydrogen-bond donors (Lipinski definition) is 1. The van der Waals surface area contributed by atoms with Gasteiger partial charge < -0.3 is 15.4 Å². The van der Waals surface area contributed by atoms with Gasteiger partial charge in [-0.25, -0.2) is 0 Å². The summed E-state index contributed by atoms with van der Waals surface area (Å²) in [5.41, 5.74) is 7.65. The highest BCUT2D eigenvalue weighted by atomic mass is 16.5. The number of hydrogen-bond acceptors (Lipinski definition) is 3. The number of ether oxygens (including phenoxy) is 1. The molecule has 0 aliphatic carbocycles. The van der Waals surface area contributed by atoms with Crippen LogP contribution in [0.4, 0.5) is 0 Å². The zero-order chi connectivity index (χ0) is 17.8. The molecule has 2 aromatic rings. The Labute approximate surface area is 147 Å². The largest absolute Gasteiger partial charge is 0.480 e. The van der Waals surface area contributed by atoms with Crippen LogP contribution >= 0.6 is 0 Å². The molecule has 1 aliphatic heterocycles. The van der Waals surface area contributed by atoms with Crippen molar-refractivity contribution in [2.45, 2.75) is 25.9 Å². The summed E-state index contributed by atoms with van der Waals surface area (Å²) >= 11 is 0. The fourth-order valence-electron chi connectivity index (χ4n) is 2.98. The average Bonchev–Trinajstić information content (AvgIpc) is 3.16. The molecule has 5 heteroatoms. The quantitative estimate of drug-likeness (QED) is 0.911. The Kier molecular flexibility index (Phi) is 5.03. The minimum Gasteiger partial charge on any atom is -0.480 e. The molecule has 1 heterocycles. The van der Waals surface area contributed by atoms with Crippen molar-refractivity contribution in [3.63, 3.8) is 0 Å². The standard InChI is InChI=1S/C20H22N2O3/c1-14(19(21)23)25-18-10-3-2-9-17(18)15-7-6-8-16(13-15)20(24)22-11-4-5-12-22/h2-3,6-10,13-14H,4-5,11-12H2,1H3,(H2,21,23). The molecular formula is C20H22N2O3. The van der Waals surface area contributed by atoms with Gasteiger partial charge in [0.1, 0.15) is 5.75 Å². The van der Waals surface area contributed by atoms with E-state index in [1.54, 1.807) is 13.0 Å². The van der Waals surface area contributed by atoms with Crippen LogP contribution in [-0.2, 0) is 4.79 Å². The van der Waals surface area contributed by atoms with Crippen LogP contribution in [0, 0.1) is 0 Å². The van der Waals surface area contributed by atoms with Gasteiger partial charge in [0.05, 0.1) is 0 Å². The van der Waals surface area contributed by atoms with Gasteiger partial charge in [-0.1, -0.05) is 30.3 Å². The summed E-state index contributed by atoms with van der Waals surface area (Å²) in [7, 11) is 0. The summed E-state index contributed by atoms with van der Waals surface area (Å²) in [5.74, 6) is 0.107. The zero-order valence-corrected chi connectivity index (χ0v) is 14.3. The SMILES string of the molecule is CC(Oc1ccccc1-c1cccc(C(=O)N2CCCC2)c1)C(N)=O. The van der Waals surface area contributed by atoms with E-state index in [0.29, 0.717) is 11.3 Å². The summed E-state index contributed by atoms with van der Waals surface area (Å²) in [5, 5.41) is 0. The molecular weight excluding hydrogens is 316 g/mol. The highest BCUT2D eigenvalue weighted by Gasteiger charge is 2.20. The molecule has 1 fully saturated rings. The summed E-state index contributed by atoms with van der Waals surface area (Å²) in [6.07, 6.45) is 1.40. The number of nitrogens with zero attached hydrogens (tertiary/aromatic N) is 1. The summed E-state index contributed by atoms with van der Waals surface area (Å²) < 4.78 is 5.69. The molecule has 1 saturated heterocycles. The number of carbonyl (C=O) groups excluding carboxylic acids is 2. The van der Waals surface area contributed by atoms with Gasteiger partial charge in [-0.3, -0.25) is 9.59 Å². The third kappa shape index (κ3) is 3.82. The van der Waals surface area contributed by atoms with Gasteiger partial charge in [0, 0.05) is 24.2 Å². The van der Waals surface area contributed by atoms with Crippen LogP contribution in [0.1, 0.15) is 30.1 Å². The monoisotopic (exact) mass is 338 g/mol. The highest BCUT2D eigenvalue weighted by Crippen LogP contribution is 2.31. The van der Waals surface area contributed by atoms with Crippen LogP contribution in [0.2, 0.25) is 0 Å². The Morgan fingerprint density at radius 2 is 1.80 bits per heavy atom. The molecule has 0 bridgehead atoms. The van der Waals surface area contributed by atoms with Crippen LogP contribution in [0.25, 0.3) is 11.1 Å². The first-order chi connectivity index (χ1) is 12.1. The van der Waals surface area contributed by atoms with Gasteiger partial charge in [0.15, 0.2) is 6.10 Å². The van der Waals surface area contributed by atoms with Gasteiger partial charge >= 0.3 is 0 Å². The second kappa shape index (κ2) is 7.38. The Bertz CT molecular complexity index is 782. The van der Waals surface area contributed by atoms with Crippen LogP contribution in [-0.4, -0.2) is 35.9 Å². The number of amides is 2. The van der Waals surface area contributed by atoms with E-state index < -0.39 is 12.0 Å². The van der Waals surface area contributed by atoms with E-state index in [1.807, 2.05) is 47.4 Å². The van der Waals surface area contributed by atoms with E-state index >= 15 is 0 Å². The fraction of sp³-hybridized carbons (Fsp3) is 0.300. The topological polar surface area (TPSA) is 72.6 Å². The minimum absolute atomic E-state index is 0.0586. The molecule has 3 rings (SSSR count). The van der Waals surface area contributed by atoms with Crippen LogP contribution in [0.3, 0.4) is 0 Å². The van der Waals surface area contributed by atoms with E-state index in [-0.39, 0.29) is 5.91 Å². The van der Waals surface area contributed by atoms with Gasteiger partial charge in [0.2, 0.25) is 0 Å². The number of para-hydroxylation sites is 1. The first-order valence-corrected chi connectivity index (χ1v) is 8.51. The number of primary amides is 1. The molecule has 2 aromatic carbocycles. The third-order valence-electron chi connectivity index (χ3n) is 4.41. The van der Waals surface area contributed by atoms with Crippen molar-refractivity contribution in [3.8, 4) is 16.9 Å². The molecule has 0 saturated carbocycles. The Hall–Kier alpha value is -2.82. The smallest absolute Gasteiger partial charge is 0.258 e. The van der Waals surface area contributed by atoms with E-state index in [1.165, 1.54) is 0 Å². The van der Waals surface area contributed by atoms with Crippen molar-refractivity contribution in [2.75, 3.05) is 13.1 Å². The predicted octanol–water partition coefficient (Wildman–Crippen LogP) is 2.84. The number of nitrogens with two attached hydrogens (primary N) is 1. The predicted molar refractivity (Wildman–Crippen MR) is 96.3 cm³/mol. The van der Waals surface area contributed by atoms with Crippen molar-refractivity contribution in [1.82, 2.24) is 4.90 Å². The first-order valence-electron chi connectivity index (χ1n) is 8.51. The molecule has 5 nitrogen and oxygen atoms in total. The maximum atomic E-state index is 12.6. The van der Waals surface area contributed by atoms with E-state index in [2.05, 4.69) is 0 Å². The second-order valence-electron chi connectivity index (χ2n) is 6.24. The zero-order valence-electron chi connectivity index (χ0n) is 14.3. The first kappa shape index (κ1) is 17.0. The van der Waals surface area contributed by atoms with E-state index in [4.69, 9.17) is 10.5 Å². The lowest BCUT2D eigenvalue weighted by Gasteiger charge is -2.17. The maximum absolute atomic E-state index is 12.6. The number of carbonyl (C=O) groups is 2. The summed E-state index contributed by atoms with van der Waals surface area (Å²) in [6.45, 7) is 3.25. The van der Waals surface area contributed by atoms with Gasteiger partial charge in [-0.2, -0.15) is 0 Å². The molecule has 0 spiro atoms. The van der Waals surface area contributed by atoms with Crippen LogP contribution < -0.4 is 10.5 Å². The van der Waals surface area contributed by atoms with Crippen molar-refractivity contribution < 1.29 is 14.3 Å². The summed E-state index contributed by atoms with van der Waals surface area (Å²) in [6, 6.07) is 14.9. The highest BCUT2D eigenvalue weighted by molar-refractivity contribution is 5.95. The molecule has 0 aromatic heterocycles. The lowest BCUT2D eigenvalue weighted by atomic mass is 10.0. The van der Waals surface area contributed by atoms with E-state index in [9.17, 15) is 9.59 Å². The Morgan fingerprint density at radius 1 is 1.08 bits per heavy atom. The maximum Gasteiger partial charge on any atom is 0.258 e. The molecule has 1 unspecified atom stereocenters. The van der Waals surface area contributed by atoms with Crippen LogP contribution in [0.5, 0.6) is 5.75 Å². The molecule has 1 aliphatic rings. The van der Waals surface area contributed by atoms with Crippen molar-refractivity contribution in [2.24, 2.45) is 5.73 Å². The van der Waals surface area contributed by atoms with Gasteiger partial charge in [-0.15, -0.1) is 0 Å². The molecule has 0 radical (unpaired) electrons. The van der Waals surface area contributed by atoms with Gasteiger partial charge in [-0.05, 0) is 43.5 Å². The van der Waals surface area contributed by atoms with Crippen molar-refractivity contribution in [3.05, 3.63) is 54.1 Å². The second-order valence-corrected chi connectivity index (χ2v) is 6.24. The van der Waals surface area contributed by atoms with Gasteiger partial charge in [0.25, 0.3) is 11.8 Å².